The molecule has 0 radical (unpaired) electrons. The molecular formula is C11H8FNO4. The van der Waals surface area contributed by atoms with Crippen LogP contribution in [-0.4, -0.2) is 23.3 Å². The Bertz CT molecular complexity index is 564. The van der Waals surface area contributed by atoms with Crippen molar-refractivity contribution in [1.29, 1.82) is 0 Å². The van der Waals surface area contributed by atoms with Gasteiger partial charge in [-0.1, -0.05) is 5.16 Å². The molecule has 0 aliphatic heterocycles. The number of halogens is 1. The predicted molar refractivity (Wildman–Crippen MR) is 55.4 cm³/mol. The molecule has 0 unspecified atom stereocenters. The van der Waals surface area contributed by atoms with E-state index in [1.807, 2.05) is 0 Å². The van der Waals surface area contributed by atoms with Crippen LogP contribution in [0.2, 0.25) is 0 Å². The number of methoxy groups -OCH3 is 1. The molecule has 88 valence electrons. The molecule has 17 heavy (non-hydrogen) atoms. The molecule has 1 aromatic heterocycles. The SMILES string of the molecule is COc1cc(F)ccc1-c1oncc1C(=O)O. The van der Waals surface area contributed by atoms with Crippen LogP contribution >= 0.6 is 0 Å². The van der Waals surface area contributed by atoms with Crippen molar-refractivity contribution < 1.29 is 23.6 Å². The topological polar surface area (TPSA) is 72.6 Å². The number of rotatable bonds is 3. The Labute approximate surface area is 95.4 Å². The van der Waals surface area contributed by atoms with Gasteiger partial charge in [-0.05, 0) is 12.1 Å². The minimum absolute atomic E-state index is 0.0364. The third-order valence-corrected chi connectivity index (χ3v) is 2.21. The predicted octanol–water partition coefficient (Wildman–Crippen LogP) is 2.19. The minimum atomic E-state index is -1.17. The van der Waals surface area contributed by atoms with Crippen molar-refractivity contribution in [3.63, 3.8) is 0 Å². The quantitative estimate of drug-likeness (QED) is 0.885. The van der Waals surface area contributed by atoms with Crippen LogP contribution in [0.3, 0.4) is 0 Å². The molecule has 1 aromatic carbocycles. The molecule has 2 rings (SSSR count). The summed E-state index contributed by atoms with van der Waals surface area (Å²) in [5.74, 6) is -1.44. The Morgan fingerprint density at radius 2 is 2.29 bits per heavy atom. The third-order valence-electron chi connectivity index (χ3n) is 2.21. The van der Waals surface area contributed by atoms with E-state index in [1.54, 1.807) is 0 Å². The second-order valence-corrected chi connectivity index (χ2v) is 3.22. The Morgan fingerprint density at radius 3 is 2.94 bits per heavy atom. The van der Waals surface area contributed by atoms with Gasteiger partial charge in [-0.3, -0.25) is 0 Å². The van der Waals surface area contributed by atoms with E-state index in [0.717, 1.165) is 12.3 Å². The van der Waals surface area contributed by atoms with Crippen molar-refractivity contribution in [1.82, 2.24) is 5.16 Å². The summed E-state index contributed by atoms with van der Waals surface area (Å²) in [4.78, 5) is 10.9. The first-order valence-electron chi connectivity index (χ1n) is 4.65. The summed E-state index contributed by atoms with van der Waals surface area (Å²) in [5.41, 5.74) is 0.235. The van der Waals surface area contributed by atoms with Crippen molar-refractivity contribution in [2.45, 2.75) is 0 Å². The van der Waals surface area contributed by atoms with Crippen LogP contribution in [0.15, 0.2) is 28.9 Å². The van der Waals surface area contributed by atoms with Crippen LogP contribution in [0.1, 0.15) is 10.4 Å². The standard InChI is InChI=1S/C11H8FNO4/c1-16-9-4-6(12)2-3-7(9)10-8(11(14)15)5-13-17-10/h2-5H,1H3,(H,14,15). The van der Waals surface area contributed by atoms with Crippen molar-refractivity contribution in [3.8, 4) is 17.1 Å². The van der Waals surface area contributed by atoms with Gasteiger partial charge >= 0.3 is 5.97 Å². The maximum absolute atomic E-state index is 13.0. The first-order valence-corrected chi connectivity index (χ1v) is 4.65. The normalized spacial score (nSPS) is 10.2. The second kappa shape index (κ2) is 4.25. The first kappa shape index (κ1) is 11.1. The molecular weight excluding hydrogens is 229 g/mol. The zero-order valence-corrected chi connectivity index (χ0v) is 8.81. The molecule has 0 atom stereocenters. The van der Waals surface area contributed by atoms with Crippen molar-refractivity contribution in [2.75, 3.05) is 7.11 Å². The van der Waals surface area contributed by atoms with Gasteiger partial charge in [0.15, 0.2) is 5.76 Å². The molecule has 0 amide bonds. The highest BCUT2D eigenvalue weighted by Gasteiger charge is 2.20. The average molecular weight is 237 g/mol. The fourth-order valence-corrected chi connectivity index (χ4v) is 1.44. The Hall–Kier alpha value is -2.37. The van der Waals surface area contributed by atoms with E-state index >= 15 is 0 Å². The summed E-state index contributed by atoms with van der Waals surface area (Å²) in [6, 6.07) is 3.70. The zero-order chi connectivity index (χ0) is 12.4. The Balaban J connectivity index is 2.60. The largest absolute Gasteiger partial charge is 0.496 e. The molecule has 1 heterocycles. The fraction of sp³-hybridized carbons (Fsp3) is 0.0909. The molecule has 0 bridgehead atoms. The molecule has 6 heteroatoms. The van der Waals surface area contributed by atoms with Crippen molar-refractivity contribution >= 4 is 5.97 Å². The number of carbonyl (C=O) groups is 1. The molecule has 0 saturated carbocycles. The van der Waals surface area contributed by atoms with Crippen LogP contribution in [0.25, 0.3) is 11.3 Å². The third kappa shape index (κ3) is 1.96. The zero-order valence-electron chi connectivity index (χ0n) is 8.81. The molecule has 0 aliphatic rings. The second-order valence-electron chi connectivity index (χ2n) is 3.22. The van der Waals surface area contributed by atoms with Crippen molar-refractivity contribution in [2.24, 2.45) is 0 Å². The molecule has 5 nitrogen and oxygen atoms in total. The lowest BCUT2D eigenvalue weighted by Crippen LogP contribution is -1.97. The smallest absolute Gasteiger partial charge is 0.341 e. The van der Waals surface area contributed by atoms with Crippen LogP contribution in [0, 0.1) is 5.82 Å². The van der Waals surface area contributed by atoms with Gasteiger partial charge in [0.2, 0.25) is 0 Å². The van der Waals surface area contributed by atoms with E-state index in [4.69, 9.17) is 14.4 Å². The highest BCUT2D eigenvalue weighted by atomic mass is 19.1. The number of carboxylic acids is 1. The van der Waals surface area contributed by atoms with Crippen LogP contribution in [-0.2, 0) is 0 Å². The number of hydrogen-bond donors (Lipinski definition) is 1. The summed E-state index contributed by atoms with van der Waals surface area (Å²) in [6.45, 7) is 0. The summed E-state index contributed by atoms with van der Waals surface area (Å²) < 4.78 is 22.8. The van der Waals surface area contributed by atoms with E-state index in [1.165, 1.54) is 19.2 Å². The maximum atomic E-state index is 13.0. The Kier molecular flexibility index (Phi) is 2.78. The van der Waals surface area contributed by atoms with E-state index in [9.17, 15) is 9.18 Å². The lowest BCUT2D eigenvalue weighted by atomic mass is 10.1. The highest BCUT2D eigenvalue weighted by Crippen LogP contribution is 2.32. The summed E-state index contributed by atoms with van der Waals surface area (Å²) in [5, 5.41) is 12.3. The Morgan fingerprint density at radius 1 is 1.53 bits per heavy atom. The number of aromatic carboxylic acids is 1. The number of benzene rings is 1. The molecule has 0 aliphatic carbocycles. The van der Waals surface area contributed by atoms with Gasteiger partial charge in [0.1, 0.15) is 17.1 Å². The molecule has 0 saturated heterocycles. The first-order chi connectivity index (χ1) is 8.13. The van der Waals surface area contributed by atoms with Gasteiger partial charge in [0, 0.05) is 6.07 Å². The fourth-order valence-electron chi connectivity index (χ4n) is 1.44. The minimum Gasteiger partial charge on any atom is -0.496 e. The summed E-state index contributed by atoms with van der Waals surface area (Å²) >= 11 is 0. The number of ether oxygens (including phenoxy) is 1. The number of carboxylic acid groups (broad SMARTS) is 1. The van der Waals surface area contributed by atoms with Gasteiger partial charge in [-0.2, -0.15) is 0 Å². The van der Waals surface area contributed by atoms with Crippen LogP contribution in [0.5, 0.6) is 5.75 Å². The van der Waals surface area contributed by atoms with Gasteiger partial charge in [-0.15, -0.1) is 0 Å². The summed E-state index contributed by atoms with van der Waals surface area (Å²) in [7, 11) is 1.36. The molecule has 0 spiro atoms. The lowest BCUT2D eigenvalue weighted by Gasteiger charge is -2.05. The van der Waals surface area contributed by atoms with E-state index < -0.39 is 11.8 Å². The van der Waals surface area contributed by atoms with Gasteiger partial charge in [-0.25, -0.2) is 9.18 Å². The van der Waals surface area contributed by atoms with E-state index in [2.05, 4.69) is 5.16 Å². The molecule has 0 fully saturated rings. The number of aromatic nitrogens is 1. The molecule has 2 aromatic rings. The van der Waals surface area contributed by atoms with Gasteiger partial charge in [0.25, 0.3) is 0 Å². The number of nitrogens with zero attached hydrogens (tertiary/aromatic N) is 1. The lowest BCUT2D eigenvalue weighted by molar-refractivity contribution is 0.0697. The number of hydrogen-bond acceptors (Lipinski definition) is 4. The van der Waals surface area contributed by atoms with E-state index in [0.29, 0.717) is 5.56 Å². The monoisotopic (exact) mass is 237 g/mol. The van der Waals surface area contributed by atoms with E-state index in [-0.39, 0.29) is 17.1 Å². The highest BCUT2D eigenvalue weighted by molar-refractivity contribution is 5.94. The van der Waals surface area contributed by atoms with Crippen molar-refractivity contribution in [3.05, 3.63) is 35.8 Å². The van der Waals surface area contributed by atoms with Gasteiger partial charge in [0.05, 0.1) is 18.9 Å². The average Bonchev–Trinajstić information content (AvgIpc) is 2.77. The van der Waals surface area contributed by atoms with Crippen LogP contribution < -0.4 is 4.74 Å². The summed E-state index contributed by atoms with van der Waals surface area (Å²) in [6.07, 6.45) is 1.08. The molecule has 1 N–H and O–H groups in total. The maximum Gasteiger partial charge on any atom is 0.341 e. The van der Waals surface area contributed by atoms with Gasteiger partial charge < -0.3 is 14.4 Å². The van der Waals surface area contributed by atoms with Crippen LogP contribution in [0.4, 0.5) is 4.39 Å².